The molecule has 0 radical (unpaired) electrons. The van der Waals surface area contributed by atoms with Crippen LogP contribution in [-0.2, 0) is 22.0 Å². The van der Waals surface area contributed by atoms with Gasteiger partial charge in [-0.3, -0.25) is 0 Å². The standard InChI is InChI=1S/C12H17F3N2O2S.ClH/c1-2-16-7-8-17-20(18,19)9-10-5-3-4-6-11(10)12(13,14)15;/h3-6,16-17H,2,7-9H2,1H3;1H. The molecule has 0 spiro atoms. The van der Waals surface area contributed by atoms with Crippen molar-refractivity contribution in [3.63, 3.8) is 0 Å². The summed E-state index contributed by atoms with van der Waals surface area (Å²) in [6.45, 7) is 3.13. The number of halogens is 4. The topological polar surface area (TPSA) is 58.2 Å². The number of alkyl halides is 3. The monoisotopic (exact) mass is 346 g/mol. The van der Waals surface area contributed by atoms with Gasteiger partial charge in [-0.05, 0) is 18.2 Å². The van der Waals surface area contributed by atoms with Crippen molar-refractivity contribution in [3.8, 4) is 0 Å². The number of nitrogens with one attached hydrogen (secondary N) is 2. The van der Waals surface area contributed by atoms with Gasteiger partial charge in [0, 0.05) is 13.1 Å². The molecule has 0 saturated heterocycles. The van der Waals surface area contributed by atoms with E-state index in [1.165, 1.54) is 18.2 Å². The molecule has 0 aliphatic heterocycles. The van der Waals surface area contributed by atoms with E-state index in [0.717, 1.165) is 6.07 Å². The van der Waals surface area contributed by atoms with Crippen LogP contribution in [0.15, 0.2) is 24.3 Å². The Morgan fingerprint density at radius 3 is 2.33 bits per heavy atom. The SMILES string of the molecule is CCNCCNS(=O)(=O)Cc1ccccc1C(F)(F)F.Cl. The fraction of sp³-hybridized carbons (Fsp3) is 0.500. The lowest BCUT2D eigenvalue weighted by molar-refractivity contribution is -0.138. The van der Waals surface area contributed by atoms with Crippen molar-refractivity contribution in [2.75, 3.05) is 19.6 Å². The summed E-state index contributed by atoms with van der Waals surface area (Å²) in [5.41, 5.74) is -1.17. The lowest BCUT2D eigenvalue weighted by Gasteiger charge is -2.13. The zero-order chi connectivity index (χ0) is 15.2. The lowest BCUT2D eigenvalue weighted by Crippen LogP contribution is -2.32. The first-order valence-electron chi connectivity index (χ1n) is 6.09. The normalized spacial score (nSPS) is 12.0. The summed E-state index contributed by atoms with van der Waals surface area (Å²) in [5.74, 6) is -0.686. The largest absolute Gasteiger partial charge is 0.416 e. The van der Waals surface area contributed by atoms with Crippen molar-refractivity contribution in [1.29, 1.82) is 0 Å². The molecule has 0 aliphatic carbocycles. The molecule has 0 heterocycles. The number of hydrogen-bond donors (Lipinski definition) is 2. The van der Waals surface area contributed by atoms with E-state index in [1.807, 2.05) is 6.92 Å². The second-order valence-corrected chi connectivity index (χ2v) is 5.97. The number of benzene rings is 1. The second-order valence-electron chi connectivity index (χ2n) is 4.16. The molecule has 4 nitrogen and oxygen atoms in total. The zero-order valence-electron chi connectivity index (χ0n) is 11.4. The van der Waals surface area contributed by atoms with Gasteiger partial charge in [0.25, 0.3) is 0 Å². The summed E-state index contributed by atoms with van der Waals surface area (Å²) < 4.78 is 64.0. The Bertz CT molecular complexity index is 536. The van der Waals surface area contributed by atoms with Crippen molar-refractivity contribution in [2.45, 2.75) is 18.9 Å². The summed E-state index contributed by atoms with van der Waals surface area (Å²) in [5, 5.41) is 2.91. The molecule has 21 heavy (non-hydrogen) atoms. The van der Waals surface area contributed by atoms with E-state index >= 15 is 0 Å². The molecule has 0 amide bonds. The van der Waals surface area contributed by atoms with Crippen LogP contribution < -0.4 is 10.0 Å². The molecule has 0 bridgehead atoms. The minimum Gasteiger partial charge on any atom is -0.316 e. The molecule has 1 aromatic carbocycles. The fourth-order valence-electron chi connectivity index (χ4n) is 1.65. The summed E-state index contributed by atoms with van der Waals surface area (Å²) >= 11 is 0. The van der Waals surface area contributed by atoms with E-state index in [2.05, 4.69) is 10.0 Å². The highest BCUT2D eigenvalue weighted by molar-refractivity contribution is 7.88. The van der Waals surface area contributed by atoms with Crippen LogP contribution in [0.2, 0.25) is 0 Å². The Kier molecular flexibility index (Phi) is 8.23. The first-order chi connectivity index (χ1) is 9.26. The highest BCUT2D eigenvalue weighted by atomic mass is 35.5. The van der Waals surface area contributed by atoms with E-state index in [1.54, 1.807) is 0 Å². The van der Waals surface area contributed by atoms with Crippen LogP contribution in [0.1, 0.15) is 18.1 Å². The van der Waals surface area contributed by atoms with Gasteiger partial charge >= 0.3 is 6.18 Å². The Morgan fingerprint density at radius 1 is 1.14 bits per heavy atom. The maximum Gasteiger partial charge on any atom is 0.416 e. The van der Waals surface area contributed by atoms with E-state index in [0.29, 0.717) is 13.1 Å². The molecular weight excluding hydrogens is 329 g/mol. The lowest BCUT2D eigenvalue weighted by atomic mass is 10.1. The van der Waals surface area contributed by atoms with Crippen LogP contribution in [-0.4, -0.2) is 28.1 Å². The third-order valence-electron chi connectivity index (χ3n) is 2.54. The average Bonchev–Trinajstić information content (AvgIpc) is 2.33. The van der Waals surface area contributed by atoms with Gasteiger partial charge in [0.2, 0.25) is 10.0 Å². The van der Waals surface area contributed by atoms with Crippen LogP contribution >= 0.6 is 12.4 Å². The highest BCUT2D eigenvalue weighted by Crippen LogP contribution is 2.32. The molecule has 0 aromatic heterocycles. The van der Waals surface area contributed by atoms with Gasteiger partial charge < -0.3 is 5.32 Å². The van der Waals surface area contributed by atoms with Gasteiger partial charge in [0.05, 0.1) is 11.3 Å². The van der Waals surface area contributed by atoms with Crippen molar-refractivity contribution >= 4 is 22.4 Å². The Labute approximate surface area is 128 Å². The van der Waals surface area contributed by atoms with Crippen LogP contribution in [0.4, 0.5) is 13.2 Å². The predicted molar refractivity (Wildman–Crippen MR) is 77.9 cm³/mol. The number of likely N-dealkylation sites (N-methyl/N-ethyl adjacent to an activating group) is 1. The quantitative estimate of drug-likeness (QED) is 0.744. The van der Waals surface area contributed by atoms with Crippen molar-refractivity contribution < 1.29 is 21.6 Å². The first kappa shape index (κ1) is 20.2. The molecule has 122 valence electrons. The molecule has 0 unspecified atom stereocenters. The maximum absolute atomic E-state index is 12.8. The van der Waals surface area contributed by atoms with Crippen molar-refractivity contribution in [1.82, 2.24) is 10.0 Å². The summed E-state index contributed by atoms with van der Waals surface area (Å²) in [6.07, 6.45) is -4.56. The summed E-state index contributed by atoms with van der Waals surface area (Å²) in [7, 11) is -3.79. The molecular formula is C12H18ClF3N2O2S. The van der Waals surface area contributed by atoms with E-state index < -0.39 is 27.5 Å². The van der Waals surface area contributed by atoms with Gasteiger partial charge in [-0.2, -0.15) is 13.2 Å². The third-order valence-corrected chi connectivity index (χ3v) is 3.88. The Morgan fingerprint density at radius 2 is 1.76 bits per heavy atom. The summed E-state index contributed by atoms with van der Waals surface area (Å²) in [6, 6.07) is 4.67. The summed E-state index contributed by atoms with van der Waals surface area (Å²) in [4.78, 5) is 0. The molecule has 1 rings (SSSR count). The van der Waals surface area contributed by atoms with Gasteiger partial charge in [-0.15, -0.1) is 12.4 Å². The smallest absolute Gasteiger partial charge is 0.316 e. The fourth-order valence-corrected chi connectivity index (χ4v) is 2.83. The number of sulfonamides is 1. The molecule has 0 atom stereocenters. The van der Waals surface area contributed by atoms with Gasteiger partial charge in [-0.25, -0.2) is 13.1 Å². The van der Waals surface area contributed by atoms with Gasteiger partial charge in [0.15, 0.2) is 0 Å². The van der Waals surface area contributed by atoms with Crippen LogP contribution in [0.5, 0.6) is 0 Å². The number of hydrogen-bond acceptors (Lipinski definition) is 3. The van der Waals surface area contributed by atoms with E-state index in [4.69, 9.17) is 0 Å². The van der Waals surface area contributed by atoms with Crippen molar-refractivity contribution in [3.05, 3.63) is 35.4 Å². The molecule has 1 aromatic rings. The zero-order valence-corrected chi connectivity index (χ0v) is 13.0. The van der Waals surface area contributed by atoms with Crippen LogP contribution in [0.25, 0.3) is 0 Å². The average molecular weight is 347 g/mol. The maximum atomic E-state index is 12.8. The Hall–Kier alpha value is -0.830. The minimum atomic E-state index is -4.56. The van der Waals surface area contributed by atoms with Gasteiger partial charge in [0.1, 0.15) is 0 Å². The Balaban J connectivity index is 0.00000400. The molecule has 0 saturated carbocycles. The minimum absolute atomic E-state index is 0. The van der Waals surface area contributed by atoms with E-state index in [9.17, 15) is 21.6 Å². The second kappa shape index (κ2) is 8.57. The third kappa shape index (κ3) is 7.12. The molecule has 0 aliphatic rings. The van der Waals surface area contributed by atoms with Crippen LogP contribution in [0, 0.1) is 0 Å². The molecule has 0 fully saturated rings. The predicted octanol–water partition coefficient (Wildman–Crippen LogP) is 2.16. The molecule has 2 N–H and O–H groups in total. The van der Waals surface area contributed by atoms with Crippen LogP contribution in [0.3, 0.4) is 0 Å². The first-order valence-corrected chi connectivity index (χ1v) is 7.74. The van der Waals surface area contributed by atoms with Gasteiger partial charge in [-0.1, -0.05) is 25.1 Å². The van der Waals surface area contributed by atoms with E-state index in [-0.39, 0.29) is 24.5 Å². The van der Waals surface area contributed by atoms with Crippen molar-refractivity contribution in [2.24, 2.45) is 0 Å². The highest BCUT2D eigenvalue weighted by Gasteiger charge is 2.33. The number of rotatable bonds is 7. The molecule has 9 heteroatoms.